The molecule has 94 valence electrons. The van der Waals surface area contributed by atoms with Gasteiger partial charge in [-0.3, -0.25) is 10.1 Å². The second-order valence-corrected chi connectivity index (χ2v) is 6.44. The number of alkyl halides is 1. The van der Waals surface area contributed by atoms with Crippen LogP contribution in [0.2, 0.25) is 0 Å². The number of halogens is 2. The first-order valence-electron chi connectivity index (χ1n) is 5.52. The third-order valence-corrected chi connectivity index (χ3v) is 4.14. The first-order valence-corrected chi connectivity index (χ1v) is 7.23. The van der Waals surface area contributed by atoms with E-state index < -0.39 is 0 Å². The number of nitrogens with zero attached hydrogens (tertiary/aromatic N) is 1. The van der Waals surface area contributed by atoms with Gasteiger partial charge in [0.05, 0.1) is 4.92 Å². The summed E-state index contributed by atoms with van der Waals surface area (Å²) in [5.74, 6) is 0.412. The van der Waals surface area contributed by atoms with Crippen LogP contribution in [-0.2, 0) is 6.42 Å². The smallest absolute Gasteiger partial charge is 0.258 e. The number of nitro groups is 1. The largest absolute Gasteiger partial charge is 0.273 e. The van der Waals surface area contributed by atoms with E-state index in [0.717, 1.165) is 22.9 Å². The van der Waals surface area contributed by atoms with E-state index in [1.54, 1.807) is 6.07 Å². The third-order valence-electron chi connectivity index (χ3n) is 2.90. The van der Waals surface area contributed by atoms with Crippen LogP contribution in [0.1, 0.15) is 25.8 Å². The van der Waals surface area contributed by atoms with Gasteiger partial charge in [0, 0.05) is 20.9 Å². The van der Waals surface area contributed by atoms with Crippen molar-refractivity contribution >= 4 is 37.5 Å². The first-order chi connectivity index (χ1) is 7.95. The van der Waals surface area contributed by atoms with Crippen molar-refractivity contribution in [1.82, 2.24) is 0 Å². The molecule has 2 unspecified atom stereocenters. The number of benzene rings is 1. The Hall–Kier alpha value is -0.420. The van der Waals surface area contributed by atoms with Crippen molar-refractivity contribution in [2.24, 2.45) is 5.92 Å². The second kappa shape index (κ2) is 6.50. The van der Waals surface area contributed by atoms with Crippen molar-refractivity contribution in [2.45, 2.75) is 31.5 Å². The molecule has 0 aliphatic carbocycles. The van der Waals surface area contributed by atoms with E-state index in [2.05, 4.69) is 45.7 Å². The average Bonchev–Trinajstić information content (AvgIpc) is 2.26. The molecule has 0 aromatic heterocycles. The first kappa shape index (κ1) is 14.6. The molecule has 2 atom stereocenters. The number of hydrogen-bond donors (Lipinski definition) is 0. The zero-order valence-corrected chi connectivity index (χ0v) is 13.0. The van der Waals surface area contributed by atoms with Crippen molar-refractivity contribution in [3.63, 3.8) is 0 Å². The summed E-state index contributed by atoms with van der Waals surface area (Å²) in [6.07, 6.45) is 1.73. The van der Waals surface area contributed by atoms with Gasteiger partial charge in [0.1, 0.15) is 0 Å². The quantitative estimate of drug-likeness (QED) is 0.431. The molecule has 0 saturated heterocycles. The summed E-state index contributed by atoms with van der Waals surface area (Å²) >= 11 is 6.82. The highest BCUT2D eigenvalue weighted by Crippen LogP contribution is 2.29. The standard InChI is InChI=1S/C12H15Br2NO2/c1-3-9(8(2)13)6-10-4-5-11(14)7-12(10)15(16)17/h4-5,7-9H,3,6H2,1-2H3. The maximum absolute atomic E-state index is 11.0. The van der Waals surface area contributed by atoms with Gasteiger partial charge < -0.3 is 0 Å². The van der Waals surface area contributed by atoms with Crippen LogP contribution in [0.4, 0.5) is 5.69 Å². The fraction of sp³-hybridized carbons (Fsp3) is 0.500. The molecule has 1 aromatic rings. The topological polar surface area (TPSA) is 43.1 Å². The zero-order chi connectivity index (χ0) is 13.0. The van der Waals surface area contributed by atoms with E-state index >= 15 is 0 Å². The van der Waals surface area contributed by atoms with Crippen LogP contribution in [-0.4, -0.2) is 9.75 Å². The minimum atomic E-state index is -0.314. The van der Waals surface area contributed by atoms with Gasteiger partial charge in [-0.2, -0.15) is 0 Å². The van der Waals surface area contributed by atoms with Crippen molar-refractivity contribution in [2.75, 3.05) is 0 Å². The molecule has 1 rings (SSSR count). The fourth-order valence-electron chi connectivity index (χ4n) is 1.79. The molecule has 0 radical (unpaired) electrons. The van der Waals surface area contributed by atoms with Gasteiger partial charge in [-0.1, -0.05) is 58.2 Å². The van der Waals surface area contributed by atoms with Gasteiger partial charge in [0.15, 0.2) is 0 Å². The normalized spacial score (nSPS) is 14.4. The summed E-state index contributed by atoms with van der Waals surface area (Å²) in [6, 6.07) is 5.26. The lowest BCUT2D eigenvalue weighted by Gasteiger charge is -2.17. The molecule has 0 fully saturated rings. The summed E-state index contributed by atoms with van der Waals surface area (Å²) in [6.45, 7) is 4.19. The summed E-state index contributed by atoms with van der Waals surface area (Å²) < 4.78 is 0.743. The molecule has 3 nitrogen and oxygen atoms in total. The highest BCUT2D eigenvalue weighted by atomic mass is 79.9. The minimum Gasteiger partial charge on any atom is -0.258 e. The molecule has 0 aliphatic heterocycles. The number of hydrogen-bond acceptors (Lipinski definition) is 2. The summed E-state index contributed by atoms with van der Waals surface area (Å²) in [5, 5.41) is 11.0. The Morgan fingerprint density at radius 1 is 1.47 bits per heavy atom. The van der Waals surface area contributed by atoms with Gasteiger partial charge in [0.25, 0.3) is 5.69 Å². The summed E-state index contributed by atoms with van der Waals surface area (Å²) in [7, 11) is 0. The van der Waals surface area contributed by atoms with Gasteiger partial charge in [-0.25, -0.2) is 0 Å². The number of rotatable bonds is 5. The molecular weight excluding hydrogens is 350 g/mol. The van der Waals surface area contributed by atoms with E-state index in [1.165, 1.54) is 0 Å². The fourth-order valence-corrected chi connectivity index (χ4v) is 2.70. The molecule has 0 aliphatic rings. The monoisotopic (exact) mass is 363 g/mol. The van der Waals surface area contributed by atoms with Crippen molar-refractivity contribution < 1.29 is 4.92 Å². The van der Waals surface area contributed by atoms with Crippen LogP contribution in [0.15, 0.2) is 22.7 Å². The van der Waals surface area contributed by atoms with Crippen LogP contribution >= 0.6 is 31.9 Å². The van der Waals surface area contributed by atoms with E-state index in [4.69, 9.17) is 0 Å². The van der Waals surface area contributed by atoms with E-state index in [9.17, 15) is 10.1 Å². The molecule has 0 amide bonds. The van der Waals surface area contributed by atoms with Gasteiger partial charge in [0.2, 0.25) is 0 Å². The van der Waals surface area contributed by atoms with Crippen molar-refractivity contribution in [3.8, 4) is 0 Å². The molecule has 0 bridgehead atoms. The van der Waals surface area contributed by atoms with Gasteiger partial charge >= 0.3 is 0 Å². The highest BCUT2D eigenvalue weighted by Gasteiger charge is 2.20. The van der Waals surface area contributed by atoms with Crippen LogP contribution in [0.25, 0.3) is 0 Å². The van der Waals surface area contributed by atoms with Crippen molar-refractivity contribution in [1.29, 1.82) is 0 Å². The highest BCUT2D eigenvalue weighted by molar-refractivity contribution is 9.10. The minimum absolute atomic E-state index is 0.200. The average molecular weight is 365 g/mol. The molecule has 17 heavy (non-hydrogen) atoms. The Balaban J connectivity index is 3.01. The van der Waals surface area contributed by atoms with Crippen LogP contribution in [0, 0.1) is 16.0 Å². The molecule has 0 heterocycles. The lowest BCUT2D eigenvalue weighted by molar-refractivity contribution is -0.385. The van der Waals surface area contributed by atoms with E-state index in [1.807, 2.05) is 12.1 Å². The van der Waals surface area contributed by atoms with Crippen LogP contribution < -0.4 is 0 Å². The van der Waals surface area contributed by atoms with Crippen LogP contribution in [0.5, 0.6) is 0 Å². The maximum Gasteiger partial charge on any atom is 0.273 e. The van der Waals surface area contributed by atoms with Gasteiger partial charge in [-0.15, -0.1) is 0 Å². The SMILES string of the molecule is CCC(Cc1ccc(Br)cc1[N+](=O)[O-])C(C)Br. The lowest BCUT2D eigenvalue weighted by atomic mass is 9.94. The Morgan fingerprint density at radius 3 is 2.59 bits per heavy atom. The maximum atomic E-state index is 11.0. The Labute approximate surface area is 118 Å². The number of nitro benzene ring substituents is 1. The molecule has 1 aromatic carbocycles. The Kier molecular flexibility index (Phi) is 5.59. The third kappa shape index (κ3) is 4.07. The van der Waals surface area contributed by atoms with E-state index in [-0.39, 0.29) is 10.6 Å². The van der Waals surface area contributed by atoms with E-state index in [0.29, 0.717) is 10.7 Å². The molecular formula is C12H15Br2NO2. The molecule has 0 N–H and O–H groups in total. The predicted octanol–water partition coefficient (Wildman–Crippen LogP) is 4.71. The Bertz CT molecular complexity index is 407. The van der Waals surface area contributed by atoms with Crippen LogP contribution in [0.3, 0.4) is 0 Å². The summed E-state index contributed by atoms with van der Waals surface area (Å²) in [5.41, 5.74) is 1.00. The van der Waals surface area contributed by atoms with Gasteiger partial charge in [-0.05, 0) is 18.4 Å². The molecule has 0 spiro atoms. The molecule has 0 saturated carbocycles. The summed E-state index contributed by atoms with van der Waals surface area (Å²) in [4.78, 5) is 11.0. The van der Waals surface area contributed by atoms with Crippen molar-refractivity contribution in [3.05, 3.63) is 38.3 Å². The predicted molar refractivity (Wildman–Crippen MR) is 76.7 cm³/mol. The second-order valence-electron chi connectivity index (χ2n) is 4.08. The molecule has 5 heteroatoms. The lowest BCUT2D eigenvalue weighted by Crippen LogP contribution is -2.14. The Morgan fingerprint density at radius 2 is 2.12 bits per heavy atom. The zero-order valence-electron chi connectivity index (χ0n) is 9.82.